The zero-order valence-electron chi connectivity index (χ0n) is 16.8. The van der Waals surface area contributed by atoms with Gasteiger partial charge in [0.2, 0.25) is 0 Å². The maximum atomic E-state index is 5.99. The summed E-state index contributed by atoms with van der Waals surface area (Å²) in [6, 6.07) is 18.2. The van der Waals surface area contributed by atoms with Crippen LogP contribution in [0.25, 0.3) is 10.9 Å². The molecule has 0 saturated heterocycles. The standard InChI is InChI=1S/C24H23ClN2O.ClH/c1-16-4-6-19(7-5-16)14-27-18(3)17(2)22-12-13-26-23(24(22)27)15-28-21-10-8-20(25)9-11-21;/h4-13H,14-15H2,1-3H3;1H. The monoisotopic (exact) mass is 426 g/mol. The number of hydrogen-bond acceptors (Lipinski definition) is 2. The maximum absolute atomic E-state index is 5.99. The summed E-state index contributed by atoms with van der Waals surface area (Å²) in [6.07, 6.45) is 1.87. The number of halogens is 2. The van der Waals surface area contributed by atoms with E-state index >= 15 is 0 Å². The SMILES string of the molecule is Cc1ccc(Cn2c(C)c(C)c3ccnc(COc4ccc(Cl)cc4)c32)cc1.Cl. The fourth-order valence-electron chi connectivity index (χ4n) is 3.53. The summed E-state index contributed by atoms with van der Waals surface area (Å²) in [4.78, 5) is 4.64. The van der Waals surface area contributed by atoms with Gasteiger partial charge >= 0.3 is 0 Å². The van der Waals surface area contributed by atoms with E-state index in [-0.39, 0.29) is 12.4 Å². The number of nitrogens with zero attached hydrogens (tertiary/aromatic N) is 2. The van der Waals surface area contributed by atoms with E-state index in [1.807, 2.05) is 30.5 Å². The summed E-state index contributed by atoms with van der Waals surface area (Å²) in [5.41, 5.74) is 7.18. The Bertz CT molecular complexity index is 1120. The second kappa shape index (κ2) is 8.89. The highest BCUT2D eigenvalue weighted by molar-refractivity contribution is 6.30. The minimum atomic E-state index is 0. The van der Waals surface area contributed by atoms with Gasteiger partial charge in [-0.1, -0.05) is 41.4 Å². The zero-order valence-corrected chi connectivity index (χ0v) is 18.3. The third-order valence-corrected chi connectivity index (χ3v) is 5.52. The maximum Gasteiger partial charge on any atom is 0.132 e. The second-order valence-corrected chi connectivity index (χ2v) is 7.61. The second-order valence-electron chi connectivity index (χ2n) is 7.18. The van der Waals surface area contributed by atoms with Gasteiger partial charge in [0.05, 0.1) is 5.52 Å². The molecular formula is C24H24Cl2N2O. The highest BCUT2D eigenvalue weighted by Gasteiger charge is 2.16. The molecule has 2 heterocycles. The smallest absolute Gasteiger partial charge is 0.132 e. The number of rotatable bonds is 5. The highest BCUT2D eigenvalue weighted by atomic mass is 35.5. The summed E-state index contributed by atoms with van der Waals surface area (Å²) >= 11 is 5.96. The van der Waals surface area contributed by atoms with Crippen molar-refractivity contribution in [1.29, 1.82) is 0 Å². The van der Waals surface area contributed by atoms with E-state index in [2.05, 4.69) is 60.7 Å². The van der Waals surface area contributed by atoms with E-state index in [4.69, 9.17) is 16.3 Å². The van der Waals surface area contributed by atoms with Crippen molar-refractivity contribution in [1.82, 2.24) is 9.55 Å². The van der Waals surface area contributed by atoms with Gasteiger partial charge in [0.15, 0.2) is 0 Å². The molecule has 4 rings (SSSR count). The Morgan fingerprint density at radius 2 is 1.62 bits per heavy atom. The van der Waals surface area contributed by atoms with E-state index in [9.17, 15) is 0 Å². The molecule has 3 nitrogen and oxygen atoms in total. The summed E-state index contributed by atoms with van der Waals surface area (Å²) in [5, 5.41) is 1.93. The van der Waals surface area contributed by atoms with E-state index < -0.39 is 0 Å². The van der Waals surface area contributed by atoms with E-state index in [0.29, 0.717) is 11.6 Å². The lowest BCUT2D eigenvalue weighted by Gasteiger charge is -2.12. The Morgan fingerprint density at radius 1 is 0.931 bits per heavy atom. The molecule has 0 radical (unpaired) electrons. The van der Waals surface area contributed by atoms with Crippen LogP contribution < -0.4 is 4.74 Å². The minimum Gasteiger partial charge on any atom is -0.487 e. The van der Waals surface area contributed by atoms with Gasteiger partial charge in [-0.2, -0.15) is 0 Å². The molecule has 0 saturated carbocycles. The highest BCUT2D eigenvalue weighted by Crippen LogP contribution is 2.29. The molecular weight excluding hydrogens is 403 g/mol. The van der Waals surface area contributed by atoms with Crippen molar-refractivity contribution in [2.75, 3.05) is 0 Å². The molecule has 4 aromatic rings. The van der Waals surface area contributed by atoms with Crippen molar-refractivity contribution in [3.05, 3.63) is 93.9 Å². The van der Waals surface area contributed by atoms with E-state index in [1.54, 1.807) is 0 Å². The van der Waals surface area contributed by atoms with Crippen LogP contribution in [0.5, 0.6) is 5.75 Å². The third kappa shape index (κ3) is 4.42. The zero-order chi connectivity index (χ0) is 19.7. The Hall–Kier alpha value is -2.49. The lowest BCUT2D eigenvalue weighted by Crippen LogP contribution is -2.06. The molecule has 2 aromatic heterocycles. The molecule has 5 heteroatoms. The topological polar surface area (TPSA) is 27.1 Å². The van der Waals surface area contributed by atoms with Crippen LogP contribution in [0.1, 0.15) is 28.1 Å². The summed E-state index contributed by atoms with van der Waals surface area (Å²) in [6.45, 7) is 7.69. The minimum absolute atomic E-state index is 0. The first-order valence-electron chi connectivity index (χ1n) is 9.40. The molecule has 29 heavy (non-hydrogen) atoms. The molecule has 2 aromatic carbocycles. The van der Waals surface area contributed by atoms with Gasteiger partial charge in [-0.15, -0.1) is 12.4 Å². The van der Waals surface area contributed by atoms with Gasteiger partial charge in [-0.3, -0.25) is 4.98 Å². The number of benzene rings is 2. The fraction of sp³-hybridized carbons (Fsp3) is 0.208. The van der Waals surface area contributed by atoms with Gasteiger partial charge in [0, 0.05) is 28.8 Å². The fourth-order valence-corrected chi connectivity index (χ4v) is 3.65. The molecule has 0 amide bonds. The van der Waals surface area contributed by atoms with Gasteiger partial charge in [0.25, 0.3) is 0 Å². The van der Waals surface area contributed by atoms with Crippen LogP contribution in [-0.2, 0) is 13.2 Å². The van der Waals surface area contributed by atoms with Crippen molar-refractivity contribution < 1.29 is 4.74 Å². The average molecular weight is 427 g/mol. The Labute approximate surface area is 182 Å². The van der Waals surface area contributed by atoms with Crippen LogP contribution in [0.15, 0.2) is 60.8 Å². The summed E-state index contributed by atoms with van der Waals surface area (Å²) < 4.78 is 8.34. The largest absolute Gasteiger partial charge is 0.487 e. The molecule has 0 bridgehead atoms. The van der Waals surface area contributed by atoms with E-state index in [1.165, 1.54) is 27.8 Å². The van der Waals surface area contributed by atoms with Crippen molar-refractivity contribution >= 4 is 34.9 Å². The number of hydrogen-bond donors (Lipinski definition) is 0. The molecule has 0 aliphatic carbocycles. The van der Waals surface area contributed by atoms with Crippen molar-refractivity contribution in [3.8, 4) is 5.75 Å². The predicted octanol–water partition coefficient (Wildman–Crippen LogP) is 6.66. The van der Waals surface area contributed by atoms with Crippen molar-refractivity contribution in [2.24, 2.45) is 0 Å². The molecule has 0 spiro atoms. The Morgan fingerprint density at radius 3 is 2.31 bits per heavy atom. The average Bonchev–Trinajstić information content (AvgIpc) is 2.95. The molecule has 0 aliphatic rings. The number of pyridine rings is 1. The van der Waals surface area contributed by atoms with Crippen LogP contribution in [0.4, 0.5) is 0 Å². The van der Waals surface area contributed by atoms with Gasteiger partial charge in [-0.25, -0.2) is 0 Å². The van der Waals surface area contributed by atoms with Gasteiger partial charge in [0.1, 0.15) is 18.1 Å². The first-order valence-corrected chi connectivity index (χ1v) is 9.78. The van der Waals surface area contributed by atoms with E-state index in [0.717, 1.165) is 23.5 Å². The molecule has 150 valence electrons. The van der Waals surface area contributed by atoms with Crippen molar-refractivity contribution in [2.45, 2.75) is 33.9 Å². The third-order valence-electron chi connectivity index (χ3n) is 5.27. The molecule has 0 atom stereocenters. The van der Waals surface area contributed by atoms with Gasteiger partial charge in [-0.05, 0) is 62.2 Å². The first-order chi connectivity index (χ1) is 13.5. The van der Waals surface area contributed by atoms with Crippen LogP contribution in [0, 0.1) is 20.8 Å². The Kier molecular flexibility index (Phi) is 6.51. The summed E-state index contributed by atoms with van der Waals surface area (Å²) in [7, 11) is 0. The summed E-state index contributed by atoms with van der Waals surface area (Å²) in [5.74, 6) is 0.785. The molecule has 0 fully saturated rings. The Balaban J connectivity index is 0.00000240. The van der Waals surface area contributed by atoms with Gasteiger partial charge < -0.3 is 9.30 Å². The normalized spacial score (nSPS) is 10.8. The van der Waals surface area contributed by atoms with Crippen LogP contribution in [0.2, 0.25) is 5.02 Å². The lowest BCUT2D eigenvalue weighted by molar-refractivity contribution is 0.302. The number of aromatic nitrogens is 2. The molecule has 0 N–H and O–H groups in total. The first kappa shape index (κ1) is 21.2. The van der Waals surface area contributed by atoms with Crippen molar-refractivity contribution in [3.63, 3.8) is 0 Å². The van der Waals surface area contributed by atoms with Crippen LogP contribution >= 0.6 is 24.0 Å². The number of ether oxygens (including phenoxy) is 1. The number of aryl methyl sites for hydroxylation is 2. The lowest BCUT2D eigenvalue weighted by atomic mass is 10.1. The predicted molar refractivity (Wildman–Crippen MR) is 123 cm³/mol. The molecule has 0 unspecified atom stereocenters. The molecule has 0 aliphatic heterocycles. The quantitative estimate of drug-likeness (QED) is 0.356. The van der Waals surface area contributed by atoms with Crippen LogP contribution in [0.3, 0.4) is 0 Å². The van der Waals surface area contributed by atoms with Crippen LogP contribution in [-0.4, -0.2) is 9.55 Å². The number of fused-ring (bicyclic) bond motifs is 1.